The maximum Gasteiger partial charge on any atom is 0.338 e. The highest BCUT2D eigenvalue weighted by Gasteiger charge is 2.37. The standard InChI is InChI=1S/C18H22F2N2O4/c1-10(2)22-11(3)15(17(23)26-8-7-25-4)16(21-18(22)24)12-5-6-13(19)14(20)9-12/h5-6,9-10,16H,7-8H2,1-4H3,(H,21,24)/t16-/m1/s1. The van der Waals surface area contributed by atoms with E-state index in [-0.39, 0.29) is 30.4 Å². The van der Waals surface area contributed by atoms with Gasteiger partial charge in [0, 0.05) is 18.8 Å². The second kappa shape index (κ2) is 8.27. The van der Waals surface area contributed by atoms with Crippen molar-refractivity contribution < 1.29 is 27.8 Å². The molecule has 0 saturated carbocycles. The van der Waals surface area contributed by atoms with Crippen LogP contribution in [0.2, 0.25) is 0 Å². The van der Waals surface area contributed by atoms with Crippen LogP contribution in [0.1, 0.15) is 32.4 Å². The fraction of sp³-hybridized carbons (Fsp3) is 0.444. The van der Waals surface area contributed by atoms with E-state index < -0.39 is 29.7 Å². The molecule has 0 aliphatic carbocycles. The number of halogens is 2. The zero-order valence-electron chi connectivity index (χ0n) is 15.1. The minimum Gasteiger partial charge on any atom is -0.460 e. The van der Waals surface area contributed by atoms with Crippen LogP contribution in [-0.2, 0) is 14.3 Å². The molecule has 1 heterocycles. The summed E-state index contributed by atoms with van der Waals surface area (Å²) >= 11 is 0. The third kappa shape index (κ3) is 4.01. The molecule has 0 bridgehead atoms. The van der Waals surface area contributed by atoms with E-state index in [0.29, 0.717) is 5.70 Å². The number of ether oxygens (including phenoxy) is 2. The number of carbonyl (C=O) groups is 2. The van der Waals surface area contributed by atoms with Gasteiger partial charge in [0.2, 0.25) is 0 Å². The topological polar surface area (TPSA) is 67.9 Å². The van der Waals surface area contributed by atoms with E-state index in [1.165, 1.54) is 18.1 Å². The van der Waals surface area contributed by atoms with E-state index >= 15 is 0 Å². The predicted molar refractivity (Wildman–Crippen MR) is 90.1 cm³/mol. The number of benzene rings is 1. The van der Waals surface area contributed by atoms with Gasteiger partial charge in [0.05, 0.1) is 18.2 Å². The molecule has 1 aromatic rings. The summed E-state index contributed by atoms with van der Waals surface area (Å²) < 4.78 is 37.0. The fourth-order valence-electron chi connectivity index (χ4n) is 2.88. The maximum absolute atomic E-state index is 13.7. The van der Waals surface area contributed by atoms with E-state index in [0.717, 1.165) is 12.1 Å². The Morgan fingerprint density at radius 3 is 2.54 bits per heavy atom. The molecule has 26 heavy (non-hydrogen) atoms. The lowest BCUT2D eigenvalue weighted by molar-refractivity contribution is -0.140. The molecule has 0 unspecified atom stereocenters. The number of methoxy groups -OCH3 is 1. The molecule has 1 aliphatic heterocycles. The van der Waals surface area contributed by atoms with Gasteiger partial charge in [-0.05, 0) is 38.5 Å². The zero-order valence-corrected chi connectivity index (χ0v) is 15.1. The molecule has 8 heteroatoms. The zero-order chi connectivity index (χ0) is 19.4. The Bertz CT molecular complexity index is 734. The highest BCUT2D eigenvalue weighted by molar-refractivity contribution is 5.95. The number of nitrogens with zero attached hydrogens (tertiary/aromatic N) is 1. The van der Waals surface area contributed by atoms with E-state index in [9.17, 15) is 18.4 Å². The average molecular weight is 368 g/mol. The van der Waals surface area contributed by atoms with Gasteiger partial charge in [-0.25, -0.2) is 18.4 Å². The summed E-state index contributed by atoms with van der Waals surface area (Å²) in [6.45, 7) is 5.47. The molecule has 0 fully saturated rings. The van der Waals surface area contributed by atoms with Crippen molar-refractivity contribution in [3.63, 3.8) is 0 Å². The summed E-state index contributed by atoms with van der Waals surface area (Å²) in [4.78, 5) is 26.5. The first-order valence-electron chi connectivity index (χ1n) is 8.19. The van der Waals surface area contributed by atoms with Crippen molar-refractivity contribution in [2.75, 3.05) is 20.3 Å². The van der Waals surface area contributed by atoms with Gasteiger partial charge in [0.25, 0.3) is 0 Å². The van der Waals surface area contributed by atoms with Crippen molar-refractivity contribution in [1.29, 1.82) is 0 Å². The van der Waals surface area contributed by atoms with Crippen molar-refractivity contribution in [1.82, 2.24) is 10.2 Å². The van der Waals surface area contributed by atoms with Crippen LogP contribution in [0, 0.1) is 11.6 Å². The Kier molecular flexibility index (Phi) is 6.31. The van der Waals surface area contributed by atoms with Gasteiger partial charge in [-0.1, -0.05) is 6.07 Å². The van der Waals surface area contributed by atoms with Crippen LogP contribution >= 0.6 is 0 Å². The molecule has 1 N–H and O–H groups in total. The van der Waals surface area contributed by atoms with E-state index in [1.807, 2.05) is 0 Å². The third-order valence-corrected chi connectivity index (χ3v) is 4.06. The van der Waals surface area contributed by atoms with E-state index in [2.05, 4.69) is 5.32 Å². The van der Waals surface area contributed by atoms with Crippen molar-refractivity contribution >= 4 is 12.0 Å². The summed E-state index contributed by atoms with van der Waals surface area (Å²) in [7, 11) is 1.48. The number of hydrogen-bond acceptors (Lipinski definition) is 4. The summed E-state index contributed by atoms with van der Waals surface area (Å²) in [5, 5.41) is 2.67. The summed E-state index contributed by atoms with van der Waals surface area (Å²) in [5.74, 6) is -2.72. The average Bonchev–Trinajstić information content (AvgIpc) is 2.56. The molecule has 0 radical (unpaired) electrons. The van der Waals surface area contributed by atoms with Crippen molar-refractivity contribution in [2.24, 2.45) is 0 Å². The summed E-state index contributed by atoms with van der Waals surface area (Å²) in [6.07, 6.45) is 0. The van der Waals surface area contributed by atoms with Gasteiger partial charge in [-0.15, -0.1) is 0 Å². The molecule has 0 aromatic heterocycles. The number of allylic oxidation sites excluding steroid dienone is 1. The number of rotatable bonds is 6. The summed E-state index contributed by atoms with van der Waals surface area (Å²) in [5.41, 5.74) is 0.819. The smallest absolute Gasteiger partial charge is 0.338 e. The van der Waals surface area contributed by atoms with E-state index in [4.69, 9.17) is 9.47 Å². The van der Waals surface area contributed by atoms with Crippen molar-refractivity contribution in [2.45, 2.75) is 32.9 Å². The quantitative estimate of drug-likeness (QED) is 0.619. The molecular weight excluding hydrogens is 346 g/mol. The SMILES string of the molecule is COCCOC(=O)C1=C(C)N(C(C)C)C(=O)N[C@@H]1c1ccc(F)c(F)c1. The third-order valence-electron chi connectivity index (χ3n) is 4.06. The number of urea groups is 1. The van der Waals surface area contributed by atoms with Gasteiger partial charge in [0.1, 0.15) is 6.61 Å². The number of esters is 1. The van der Waals surface area contributed by atoms with Crippen molar-refractivity contribution in [3.8, 4) is 0 Å². The molecule has 2 rings (SSSR count). The van der Waals surface area contributed by atoms with Crippen molar-refractivity contribution in [3.05, 3.63) is 46.7 Å². The van der Waals surface area contributed by atoms with Crippen LogP contribution in [0.5, 0.6) is 0 Å². The molecular formula is C18H22F2N2O4. The lowest BCUT2D eigenvalue weighted by atomic mass is 9.94. The molecule has 1 atom stereocenters. The molecule has 0 saturated heterocycles. The van der Waals surface area contributed by atoms with E-state index in [1.54, 1.807) is 20.8 Å². The highest BCUT2D eigenvalue weighted by atomic mass is 19.2. The van der Waals surface area contributed by atoms with Crippen LogP contribution in [0.3, 0.4) is 0 Å². The van der Waals surface area contributed by atoms with Gasteiger partial charge < -0.3 is 14.8 Å². The minimum absolute atomic E-state index is 0.0340. The Hall–Kier alpha value is -2.48. The van der Waals surface area contributed by atoms with Crippen LogP contribution in [0.4, 0.5) is 13.6 Å². The normalized spacial score (nSPS) is 17.6. The molecule has 1 aliphatic rings. The molecule has 1 aromatic carbocycles. The highest BCUT2D eigenvalue weighted by Crippen LogP contribution is 2.32. The van der Waals surface area contributed by atoms with Crippen LogP contribution in [0.25, 0.3) is 0 Å². The first-order valence-corrected chi connectivity index (χ1v) is 8.19. The lowest BCUT2D eigenvalue weighted by Crippen LogP contribution is -2.50. The predicted octanol–water partition coefficient (Wildman–Crippen LogP) is 2.90. The molecule has 2 amide bonds. The first-order chi connectivity index (χ1) is 12.3. The summed E-state index contributed by atoms with van der Waals surface area (Å²) in [6, 6.07) is 1.66. The number of amides is 2. The number of hydrogen-bond donors (Lipinski definition) is 1. The largest absolute Gasteiger partial charge is 0.460 e. The van der Waals surface area contributed by atoms with Crippen LogP contribution in [-0.4, -0.2) is 43.3 Å². The van der Waals surface area contributed by atoms with Gasteiger partial charge in [0.15, 0.2) is 11.6 Å². The van der Waals surface area contributed by atoms with Gasteiger partial charge in [-0.2, -0.15) is 0 Å². The Labute approximate surface area is 150 Å². The number of nitrogens with one attached hydrogen (secondary N) is 1. The fourth-order valence-corrected chi connectivity index (χ4v) is 2.88. The van der Waals surface area contributed by atoms with Crippen LogP contribution < -0.4 is 5.32 Å². The van der Waals surface area contributed by atoms with Gasteiger partial charge >= 0.3 is 12.0 Å². The molecule has 142 valence electrons. The maximum atomic E-state index is 13.7. The second-order valence-electron chi connectivity index (χ2n) is 6.15. The molecule has 0 spiro atoms. The second-order valence-corrected chi connectivity index (χ2v) is 6.15. The Balaban J connectivity index is 2.48. The Morgan fingerprint density at radius 1 is 1.27 bits per heavy atom. The van der Waals surface area contributed by atoms with Crippen LogP contribution in [0.15, 0.2) is 29.5 Å². The molecule has 6 nitrogen and oxygen atoms in total. The monoisotopic (exact) mass is 368 g/mol. The minimum atomic E-state index is -1.06. The number of carbonyl (C=O) groups excluding carboxylic acids is 2. The van der Waals surface area contributed by atoms with Gasteiger partial charge in [-0.3, -0.25) is 4.90 Å². The first kappa shape index (κ1) is 19.8. The Morgan fingerprint density at radius 2 is 1.96 bits per heavy atom. The lowest BCUT2D eigenvalue weighted by Gasteiger charge is -2.37.